The topological polar surface area (TPSA) is 55.1 Å². The Morgan fingerprint density at radius 2 is 1.85 bits per heavy atom. The largest absolute Gasteiger partial charge is 0.416 e. The highest BCUT2D eigenvalue weighted by molar-refractivity contribution is 6.00. The van der Waals surface area contributed by atoms with Crippen LogP contribution >= 0.6 is 0 Å². The molecule has 0 radical (unpaired) electrons. The smallest absolute Gasteiger partial charge is 0.355 e. The summed E-state index contributed by atoms with van der Waals surface area (Å²) in [6.45, 7) is 1.85. The van der Waals surface area contributed by atoms with E-state index in [2.05, 4.69) is 10.5 Å². The lowest BCUT2D eigenvalue weighted by Gasteiger charge is -2.09. The van der Waals surface area contributed by atoms with Crippen molar-refractivity contribution < 1.29 is 22.5 Å². The van der Waals surface area contributed by atoms with Crippen LogP contribution < -0.4 is 5.32 Å². The fourth-order valence-electron chi connectivity index (χ4n) is 2.54. The summed E-state index contributed by atoms with van der Waals surface area (Å²) in [5.74, 6) is -0.445. The molecule has 0 saturated carbocycles. The van der Waals surface area contributed by atoms with Gasteiger partial charge >= 0.3 is 6.18 Å². The first kappa shape index (κ1) is 17.7. The first-order chi connectivity index (χ1) is 12.4. The fraction of sp³-hybridized carbons (Fsp3) is 0.158. The molecule has 0 bridgehead atoms. The van der Waals surface area contributed by atoms with Gasteiger partial charge in [-0.3, -0.25) is 4.79 Å². The number of carbonyl (C=O) groups is 1. The van der Waals surface area contributed by atoms with E-state index in [0.717, 1.165) is 17.7 Å². The Hall–Kier alpha value is -3.09. The first-order valence-electron chi connectivity index (χ1n) is 7.82. The van der Waals surface area contributed by atoms with Crippen molar-refractivity contribution in [3.05, 3.63) is 77.0 Å². The monoisotopic (exact) mass is 360 g/mol. The van der Waals surface area contributed by atoms with E-state index in [1.807, 2.05) is 30.3 Å². The highest BCUT2D eigenvalue weighted by Gasteiger charge is 2.31. The van der Waals surface area contributed by atoms with E-state index < -0.39 is 17.6 Å². The van der Waals surface area contributed by atoms with Crippen molar-refractivity contribution in [2.45, 2.75) is 19.6 Å². The Labute approximate surface area is 147 Å². The zero-order valence-corrected chi connectivity index (χ0v) is 13.8. The van der Waals surface area contributed by atoms with Crippen LogP contribution in [0.4, 0.5) is 13.2 Å². The molecule has 1 N–H and O–H groups in total. The van der Waals surface area contributed by atoms with Crippen molar-refractivity contribution in [2.75, 3.05) is 0 Å². The van der Waals surface area contributed by atoms with Gasteiger partial charge < -0.3 is 9.84 Å². The van der Waals surface area contributed by atoms with Crippen LogP contribution in [-0.2, 0) is 12.7 Å². The second-order valence-electron chi connectivity index (χ2n) is 5.72. The molecule has 1 heterocycles. The lowest BCUT2D eigenvalue weighted by atomic mass is 10.0. The van der Waals surface area contributed by atoms with Gasteiger partial charge in [0.2, 0.25) is 0 Å². The van der Waals surface area contributed by atoms with Crippen LogP contribution in [0, 0.1) is 6.92 Å². The fourth-order valence-corrected chi connectivity index (χ4v) is 2.54. The van der Waals surface area contributed by atoms with Crippen LogP contribution in [0.5, 0.6) is 0 Å². The Morgan fingerprint density at radius 1 is 1.12 bits per heavy atom. The molecule has 0 aliphatic carbocycles. The number of hydrogen-bond acceptors (Lipinski definition) is 3. The number of aryl methyl sites for hydroxylation is 1. The third-order valence-electron chi connectivity index (χ3n) is 3.84. The Bertz CT molecular complexity index is 918. The number of alkyl halides is 3. The summed E-state index contributed by atoms with van der Waals surface area (Å²) in [5.41, 5.74) is 0.656. The Balaban J connectivity index is 1.88. The molecule has 0 fully saturated rings. The lowest BCUT2D eigenvalue weighted by molar-refractivity contribution is -0.137. The third-order valence-corrected chi connectivity index (χ3v) is 3.84. The van der Waals surface area contributed by atoms with Crippen molar-refractivity contribution in [1.29, 1.82) is 0 Å². The number of amides is 1. The number of nitrogens with one attached hydrogen (secondary N) is 1. The molecule has 0 aliphatic rings. The van der Waals surface area contributed by atoms with Gasteiger partial charge in [-0.1, -0.05) is 47.6 Å². The molecule has 26 heavy (non-hydrogen) atoms. The van der Waals surface area contributed by atoms with Crippen LogP contribution in [0.3, 0.4) is 0 Å². The second kappa shape index (κ2) is 7.03. The van der Waals surface area contributed by atoms with E-state index in [1.165, 1.54) is 12.1 Å². The lowest BCUT2D eigenvalue weighted by Crippen LogP contribution is -2.23. The average Bonchev–Trinajstić information content (AvgIpc) is 3.01. The van der Waals surface area contributed by atoms with Crippen molar-refractivity contribution in [3.63, 3.8) is 0 Å². The summed E-state index contributed by atoms with van der Waals surface area (Å²) in [5, 5.41) is 6.48. The molecule has 134 valence electrons. The van der Waals surface area contributed by atoms with E-state index in [4.69, 9.17) is 4.52 Å². The van der Waals surface area contributed by atoms with Crippen molar-refractivity contribution >= 4 is 5.91 Å². The number of benzene rings is 2. The Kier molecular flexibility index (Phi) is 4.79. The summed E-state index contributed by atoms with van der Waals surface area (Å²) < 4.78 is 43.9. The molecule has 0 unspecified atom stereocenters. The third kappa shape index (κ3) is 3.77. The standard InChI is InChI=1S/C19H15F3N2O2/c1-12-16(18(25)23-11-13-6-3-2-4-7-13)17(26-24-12)14-8-5-9-15(10-14)19(20,21)22/h2-10H,11H2,1H3,(H,23,25). The second-order valence-corrected chi connectivity index (χ2v) is 5.72. The number of halogens is 3. The van der Waals surface area contributed by atoms with E-state index in [1.54, 1.807) is 6.92 Å². The zero-order chi connectivity index (χ0) is 18.7. The van der Waals surface area contributed by atoms with Crippen LogP contribution in [0.2, 0.25) is 0 Å². The molecular weight excluding hydrogens is 345 g/mol. The molecule has 0 aliphatic heterocycles. The van der Waals surface area contributed by atoms with E-state index in [9.17, 15) is 18.0 Å². The summed E-state index contributed by atoms with van der Waals surface area (Å²) in [6.07, 6.45) is -4.49. The molecule has 1 amide bonds. The van der Waals surface area contributed by atoms with E-state index in [0.29, 0.717) is 5.69 Å². The van der Waals surface area contributed by atoms with Gasteiger partial charge in [0.1, 0.15) is 5.56 Å². The molecule has 0 atom stereocenters. The zero-order valence-electron chi connectivity index (χ0n) is 13.8. The molecule has 3 aromatic rings. The molecule has 0 spiro atoms. The predicted octanol–water partition coefficient (Wildman–Crippen LogP) is 4.60. The Morgan fingerprint density at radius 3 is 2.54 bits per heavy atom. The van der Waals surface area contributed by atoms with Crippen LogP contribution in [0.15, 0.2) is 59.1 Å². The molecule has 7 heteroatoms. The van der Waals surface area contributed by atoms with Crippen LogP contribution in [0.1, 0.15) is 27.2 Å². The molecular formula is C19H15F3N2O2. The minimum atomic E-state index is -4.49. The van der Waals surface area contributed by atoms with Gasteiger partial charge in [-0.25, -0.2) is 0 Å². The van der Waals surface area contributed by atoms with E-state index in [-0.39, 0.29) is 23.4 Å². The van der Waals surface area contributed by atoms with Gasteiger partial charge in [0, 0.05) is 12.1 Å². The number of aromatic nitrogens is 1. The maximum absolute atomic E-state index is 12.9. The van der Waals surface area contributed by atoms with Gasteiger partial charge in [-0.2, -0.15) is 13.2 Å². The number of carbonyl (C=O) groups excluding carboxylic acids is 1. The SMILES string of the molecule is Cc1noc(-c2cccc(C(F)(F)F)c2)c1C(=O)NCc1ccccc1. The minimum absolute atomic E-state index is 0.0131. The van der Waals surface area contributed by atoms with Gasteiger partial charge in [-0.05, 0) is 24.6 Å². The summed E-state index contributed by atoms with van der Waals surface area (Å²) in [6, 6.07) is 13.9. The predicted molar refractivity (Wildman–Crippen MR) is 89.3 cm³/mol. The van der Waals surface area contributed by atoms with Crippen LogP contribution in [-0.4, -0.2) is 11.1 Å². The highest BCUT2D eigenvalue weighted by atomic mass is 19.4. The number of rotatable bonds is 4. The number of hydrogen-bond donors (Lipinski definition) is 1. The van der Waals surface area contributed by atoms with Crippen LogP contribution in [0.25, 0.3) is 11.3 Å². The maximum Gasteiger partial charge on any atom is 0.416 e. The number of nitrogens with zero attached hydrogens (tertiary/aromatic N) is 1. The van der Waals surface area contributed by atoms with Gasteiger partial charge in [0.25, 0.3) is 5.91 Å². The van der Waals surface area contributed by atoms with Crippen molar-refractivity contribution in [2.24, 2.45) is 0 Å². The first-order valence-corrected chi connectivity index (χ1v) is 7.82. The molecule has 3 rings (SSSR count). The summed E-state index contributed by atoms with van der Waals surface area (Å²) in [4.78, 5) is 12.5. The quantitative estimate of drug-likeness (QED) is 0.740. The summed E-state index contributed by atoms with van der Waals surface area (Å²) in [7, 11) is 0. The molecule has 1 aromatic heterocycles. The normalized spacial score (nSPS) is 11.4. The van der Waals surface area contributed by atoms with Gasteiger partial charge in [0.15, 0.2) is 5.76 Å². The minimum Gasteiger partial charge on any atom is -0.355 e. The molecule has 2 aromatic carbocycles. The molecule has 0 saturated heterocycles. The highest BCUT2D eigenvalue weighted by Crippen LogP contribution is 2.33. The van der Waals surface area contributed by atoms with Crippen molar-refractivity contribution in [3.8, 4) is 11.3 Å². The molecule has 4 nitrogen and oxygen atoms in total. The average molecular weight is 360 g/mol. The van der Waals surface area contributed by atoms with Gasteiger partial charge in [0.05, 0.1) is 11.3 Å². The summed E-state index contributed by atoms with van der Waals surface area (Å²) >= 11 is 0. The maximum atomic E-state index is 12.9. The van der Waals surface area contributed by atoms with Crippen molar-refractivity contribution in [1.82, 2.24) is 10.5 Å². The van der Waals surface area contributed by atoms with E-state index >= 15 is 0 Å². The van der Waals surface area contributed by atoms with Gasteiger partial charge in [-0.15, -0.1) is 0 Å².